The lowest BCUT2D eigenvalue weighted by Gasteiger charge is -2.23. The number of fused-ring (bicyclic) bond motifs is 2. The summed E-state index contributed by atoms with van der Waals surface area (Å²) in [4.78, 5) is 38.2. The lowest BCUT2D eigenvalue weighted by atomic mass is 10.0. The summed E-state index contributed by atoms with van der Waals surface area (Å²) in [7, 11) is 0. The Morgan fingerprint density at radius 2 is 1.55 bits per heavy atom. The standard InChI is InChI=1S/C24H20N2O5/c1-15(27)30-21-13-7-4-10-18(21)23(28)31-22-14-16-8-2-5-11-19(16)26(24(25)29)20-12-6-3-9-17(20)22/h2-13,22H,14H2,1H3,(H2,25,29)/t22-/m1/s1. The van der Waals surface area contributed by atoms with Crippen LogP contribution in [0.5, 0.6) is 5.75 Å². The number of nitrogens with zero attached hydrogens (tertiary/aromatic N) is 1. The van der Waals surface area contributed by atoms with Gasteiger partial charge in [-0.05, 0) is 29.8 Å². The molecule has 7 nitrogen and oxygen atoms in total. The molecule has 1 atom stereocenters. The molecule has 1 aliphatic heterocycles. The monoisotopic (exact) mass is 416 g/mol. The van der Waals surface area contributed by atoms with Crippen molar-refractivity contribution >= 4 is 29.3 Å². The molecule has 0 spiro atoms. The third-order valence-corrected chi connectivity index (χ3v) is 4.99. The lowest BCUT2D eigenvalue weighted by Crippen LogP contribution is -2.32. The van der Waals surface area contributed by atoms with Crippen molar-refractivity contribution in [2.45, 2.75) is 19.4 Å². The van der Waals surface area contributed by atoms with Crippen LogP contribution in [0.25, 0.3) is 0 Å². The maximum Gasteiger partial charge on any atom is 0.342 e. The minimum Gasteiger partial charge on any atom is -0.453 e. The van der Waals surface area contributed by atoms with E-state index in [2.05, 4.69) is 0 Å². The molecular formula is C24H20N2O5. The van der Waals surface area contributed by atoms with Gasteiger partial charge < -0.3 is 15.2 Å². The largest absolute Gasteiger partial charge is 0.453 e. The zero-order valence-corrected chi connectivity index (χ0v) is 16.8. The van der Waals surface area contributed by atoms with Crippen LogP contribution in [0.4, 0.5) is 16.2 Å². The second kappa shape index (κ2) is 8.31. The molecular weight excluding hydrogens is 396 g/mol. The maximum atomic E-state index is 13.0. The molecule has 1 heterocycles. The molecule has 0 aromatic heterocycles. The van der Waals surface area contributed by atoms with Gasteiger partial charge in [-0.2, -0.15) is 0 Å². The molecule has 0 radical (unpaired) electrons. The van der Waals surface area contributed by atoms with Gasteiger partial charge in [0.25, 0.3) is 0 Å². The van der Waals surface area contributed by atoms with Gasteiger partial charge in [-0.25, -0.2) is 9.59 Å². The number of carbonyl (C=O) groups excluding carboxylic acids is 3. The highest BCUT2D eigenvalue weighted by Gasteiger charge is 2.31. The van der Waals surface area contributed by atoms with Crippen LogP contribution >= 0.6 is 0 Å². The average molecular weight is 416 g/mol. The molecule has 156 valence electrons. The van der Waals surface area contributed by atoms with E-state index in [1.807, 2.05) is 24.3 Å². The number of hydrogen-bond donors (Lipinski definition) is 1. The number of amides is 2. The molecule has 2 N–H and O–H groups in total. The van der Waals surface area contributed by atoms with Crippen LogP contribution in [-0.4, -0.2) is 18.0 Å². The predicted octanol–water partition coefficient (Wildman–Crippen LogP) is 4.28. The minimum atomic E-state index is -0.681. The molecule has 1 aliphatic rings. The Labute approximate surface area is 179 Å². The lowest BCUT2D eigenvalue weighted by molar-refractivity contribution is -0.131. The maximum absolute atomic E-state index is 13.0. The van der Waals surface area contributed by atoms with Crippen LogP contribution in [0.1, 0.15) is 34.5 Å². The van der Waals surface area contributed by atoms with Crippen LogP contribution in [0.3, 0.4) is 0 Å². The second-order valence-electron chi connectivity index (χ2n) is 7.05. The van der Waals surface area contributed by atoms with Crippen molar-refractivity contribution in [3.63, 3.8) is 0 Å². The van der Waals surface area contributed by atoms with E-state index in [0.29, 0.717) is 23.4 Å². The summed E-state index contributed by atoms with van der Waals surface area (Å²) in [6.07, 6.45) is -0.335. The Kier molecular flexibility index (Phi) is 5.41. The van der Waals surface area contributed by atoms with Gasteiger partial charge in [0.2, 0.25) is 0 Å². The van der Waals surface area contributed by atoms with Crippen LogP contribution in [-0.2, 0) is 16.0 Å². The van der Waals surface area contributed by atoms with Gasteiger partial charge >= 0.3 is 18.0 Å². The van der Waals surface area contributed by atoms with Crippen molar-refractivity contribution < 1.29 is 23.9 Å². The third kappa shape index (κ3) is 3.98. The number of primary amides is 1. The van der Waals surface area contributed by atoms with E-state index in [4.69, 9.17) is 15.2 Å². The van der Waals surface area contributed by atoms with Crippen molar-refractivity contribution in [3.05, 3.63) is 89.5 Å². The molecule has 7 heteroatoms. The molecule has 0 fully saturated rings. The molecule has 3 aromatic rings. The Bertz CT molecular complexity index is 1170. The molecule has 0 bridgehead atoms. The van der Waals surface area contributed by atoms with Gasteiger partial charge in [0.15, 0.2) is 0 Å². The number of ether oxygens (including phenoxy) is 2. The third-order valence-electron chi connectivity index (χ3n) is 4.99. The zero-order chi connectivity index (χ0) is 22.0. The van der Waals surface area contributed by atoms with Crippen molar-refractivity contribution in [1.82, 2.24) is 0 Å². The van der Waals surface area contributed by atoms with Gasteiger partial charge in [0, 0.05) is 18.9 Å². The number of urea groups is 1. The second-order valence-corrected chi connectivity index (χ2v) is 7.05. The van der Waals surface area contributed by atoms with E-state index in [0.717, 1.165) is 5.56 Å². The van der Waals surface area contributed by atoms with Crippen molar-refractivity contribution in [1.29, 1.82) is 0 Å². The SMILES string of the molecule is CC(=O)Oc1ccccc1C(=O)O[C@@H]1Cc2ccccc2N(C(N)=O)c2ccccc21. The van der Waals surface area contributed by atoms with Crippen molar-refractivity contribution in [2.75, 3.05) is 4.90 Å². The first-order valence-electron chi connectivity index (χ1n) is 9.70. The molecule has 0 unspecified atom stereocenters. The molecule has 2 amide bonds. The number of carbonyl (C=O) groups is 3. The van der Waals surface area contributed by atoms with Crippen molar-refractivity contribution in [3.8, 4) is 5.75 Å². The number of nitrogens with two attached hydrogens (primary N) is 1. The molecule has 3 aromatic carbocycles. The van der Waals surface area contributed by atoms with E-state index in [1.54, 1.807) is 36.4 Å². The van der Waals surface area contributed by atoms with Crippen molar-refractivity contribution in [2.24, 2.45) is 5.73 Å². The minimum absolute atomic E-state index is 0.126. The van der Waals surface area contributed by atoms with Gasteiger partial charge in [-0.15, -0.1) is 0 Å². The number of benzene rings is 3. The first-order valence-corrected chi connectivity index (χ1v) is 9.70. The Morgan fingerprint density at radius 1 is 0.903 bits per heavy atom. The van der Waals surface area contributed by atoms with E-state index in [9.17, 15) is 14.4 Å². The summed E-state index contributed by atoms with van der Waals surface area (Å²) >= 11 is 0. The predicted molar refractivity (Wildman–Crippen MR) is 114 cm³/mol. The average Bonchev–Trinajstić information content (AvgIpc) is 2.88. The quantitative estimate of drug-likeness (QED) is 0.507. The van der Waals surface area contributed by atoms with Crippen LogP contribution in [0, 0.1) is 0 Å². The highest BCUT2D eigenvalue weighted by Crippen LogP contribution is 2.41. The first kappa shape index (κ1) is 20.2. The molecule has 0 saturated heterocycles. The Hall–Kier alpha value is -4.13. The van der Waals surface area contributed by atoms with Gasteiger partial charge in [0.05, 0.1) is 11.4 Å². The molecule has 31 heavy (non-hydrogen) atoms. The number of esters is 2. The normalized spacial score (nSPS) is 14.6. The van der Waals surface area contributed by atoms with E-state index < -0.39 is 24.1 Å². The number of anilines is 2. The molecule has 0 saturated carbocycles. The van der Waals surface area contributed by atoms with E-state index >= 15 is 0 Å². The molecule has 4 rings (SSSR count). The van der Waals surface area contributed by atoms with Crippen LogP contribution < -0.4 is 15.4 Å². The van der Waals surface area contributed by atoms with Gasteiger partial charge in [-0.3, -0.25) is 9.69 Å². The molecule has 0 aliphatic carbocycles. The van der Waals surface area contributed by atoms with Crippen LogP contribution in [0.2, 0.25) is 0 Å². The summed E-state index contributed by atoms with van der Waals surface area (Å²) < 4.78 is 11.0. The number of hydrogen-bond acceptors (Lipinski definition) is 5. The Balaban J connectivity index is 1.76. The fourth-order valence-corrected chi connectivity index (χ4v) is 3.72. The summed E-state index contributed by atoms with van der Waals surface area (Å²) in [5, 5.41) is 0. The highest BCUT2D eigenvalue weighted by molar-refractivity contribution is 6.00. The number of para-hydroxylation sites is 3. The first-order chi connectivity index (χ1) is 15.0. The summed E-state index contributed by atoms with van der Waals surface area (Å²) in [6, 6.07) is 20.3. The van der Waals surface area contributed by atoms with E-state index in [1.165, 1.54) is 24.0 Å². The van der Waals surface area contributed by atoms with E-state index in [-0.39, 0.29) is 11.3 Å². The highest BCUT2D eigenvalue weighted by atomic mass is 16.6. The fraction of sp³-hybridized carbons (Fsp3) is 0.125. The van der Waals surface area contributed by atoms with Gasteiger partial charge in [0.1, 0.15) is 17.4 Å². The fourth-order valence-electron chi connectivity index (χ4n) is 3.72. The van der Waals surface area contributed by atoms with Crippen LogP contribution in [0.15, 0.2) is 72.8 Å². The summed E-state index contributed by atoms with van der Waals surface area (Å²) in [5.41, 5.74) is 8.48. The zero-order valence-electron chi connectivity index (χ0n) is 16.8. The smallest absolute Gasteiger partial charge is 0.342 e. The van der Waals surface area contributed by atoms with Gasteiger partial charge in [-0.1, -0.05) is 48.5 Å². The Morgan fingerprint density at radius 3 is 2.29 bits per heavy atom. The topological polar surface area (TPSA) is 98.9 Å². The number of rotatable bonds is 3. The summed E-state index contributed by atoms with van der Waals surface area (Å²) in [6.45, 7) is 1.26. The summed E-state index contributed by atoms with van der Waals surface area (Å²) in [5.74, 6) is -1.05.